The third kappa shape index (κ3) is 3.88. The predicted octanol–water partition coefficient (Wildman–Crippen LogP) is 2.14. The summed E-state index contributed by atoms with van der Waals surface area (Å²) in [4.78, 5) is 14.0. The van der Waals surface area contributed by atoms with E-state index in [9.17, 15) is 9.90 Å². The first-order chi connectivity index (χ1) is 8.06. The molecule has 1 amide bonds. The minimum Gasteiger partial charge on any atom is -0.396 e. The minimum atomic E-state index is 0.0713. The molecule has 1 atom stereocenters. The van der Waals surface area contributed by atoms with Crippen LogP contribution in [0.15, 0.2) is 0 Å². The van der Waals surface area contributed by atoms with Gasteiger partial charge in [-0.25, -0.2) is 0 Å². The molecule has 1 aliphatic rings. The van der Waals surface area contributed by atoms with Crippen molar-refractivity contribution in [2.45, 2.75) is 44.8 Å². The largest absolute Gasteiger partial charge is 0.396 e. The Morgan fingerprint density at radius 3 is 2.47 bits per heavy atom. The zero-order chi connectivity index (χ0) is 12.9. The summed E-state index contributed by atoms with van der Waals surface area (Å²) in [5, 5.41) is 9.84. The van der Waals surface area contributed by atoms with E-state index < -0.39 is 0 Å². The molecule has 0 bridgehead atoms. The minimum absolute atomic E-state index is 0.0713. The fourth-order valence-corrected chi connectivity index (χ4v) is 2.62. The Bertz CT molecular complexity index is 244. The van der Waals surface area contributed by atoms with E-state index in [0.29, 0.717) is 11.7 Å². The van der Waals surface area contributed by atoms with Crippen molar-refractivity contribution in [3.05, 3.63) is 0 Å². The lowest BCUT2D eigenvalue weighted by atomic mass is 9.77. The first kappa shape index (κ1) is 14.8. The molecule has 1 saturated heterocycles. The number of nitrogens with zero attached hydrogens (tertiary/aromatic N) is 1. The summed E-state index contributed by atoms with van der Waals surface area (Å²) in [6.07, 6.45) is 5.58. The van der Waals surface area contributed by atoms with Gasteiger partial charge in [0.25, 0.3) is 0 Å². The van der Waals surface area contributed by atoms with E-state index in [2.05, 4.69) is 13.8 Å². The van der Waals surface area contributed by atoms with E-state index in [4.69, 9.17) is 0 Å². The lowest BCUT2D eigenvalue weighted by molar-refractivity contribution is -0.134. The summed E-state index contributed by atoms with van der Waals surface area (Å²) in [5.41, 5.74) is 0.0713. The molecule has 1 heterocycles. The normalized spacial score (nSPS) is 21.3. The first-order valence-electron chi connectivity index (χ1n) is 6.48. The molecule has 4 heteroatoms. The molecule has 0 radical (unpaired) electrons. The highest BCUT2D eigenvalue weighted by molar-refractivity contribution is 7.99. The molecule has 3 nitrogen and oxygen atoms in total. The van der Waals surface area contributed by atoms with Gasteiger partial charge in [-0.1, -0.05) is 13.8 Å². The number of carbonyl (C=O) groups excluding carboxylic acids is 1. The van der Waals surface area contributed by atoms with Crippen LogP contribution in [0.25, 0.3) is 0 Å². The molecule has 1 N–H and O–H groups in total. The van der Waals surface area contributed by atoms with Crippen LogP contribution in [-0.2, 0) is 4.79 Å². The Labute approximate surface area is 109 Å². The van der Waals surface area contributed by atoms with Gasteiger partial charge in [-0.3, -0.25) is 4.79 Å². The van der Waals surface area contributed by atoms with Gasteiger partial charge in [-0.05, 0) is 30.9 Å². The van der Waals surface area contributed by atoms with Crippen LogP contribution in [0.5, 0.6) is 0 Å². The van der Waals surface area contributed by atoms with Crippen LogP contribution < -0.4 is 0 Å². The average molecular weight is 259 g/mol. The molecule has 17 heavy (non-hydrogen) atoms. The second-order valence-corrected chi connectivity index (χ2v) is 6.42. The Balaban J connectivity index is 2.43. The van der Waals surface area contributed by atoms with Gasteiger partial charge in [0, 0.05) is 31.4 Å². The van der Waals surface area contributed by atoms with Crippen LogP contribution in [-0.4, -0.2) is 47.1 Å². The summed E-state index contributed by atoms with van der Waals surface area (Å²) in [6.45, 7) is 6.11. The van der Waals surface area contributed by atoms with Crippen LogP contribution in [0.1, 0.15) is 39.5 Å². The lowest BCUT2D eigenvalue weighted by Crippen LogP contribution is -2.44. The van der Waals surface area contributed by atoms with Gasteiger partial charge in [0.05, 0.1) is 0 Å². The first-order valence-corrected chi connectivity index (χ1v) is 7.77. The van der Waals surface area contributed by atoms with Crippen molar-refractivity contribution < 1.29 is 9.90 Å². The highest BCUT2D eigenvalue weighted by Crippen LogP contribution is 2.34. The second-order valence-electron chi connectivity index (χ2n) is 5.14. The lowest BCUT2D eigenvalue weighted by Gasteiger charge is -2.40. The van der Waals surface area contributed by atoms with Crippen LogP contribution in [0.4, 0.5) is 0 Å². The highest BCUT2D eigenvalue weighted by Gasteiger charge is 2.33. The third-order valence-corrected chi connectivity index (χ3v) is 5.10. The summed E-state index contributed by atoms with van der Waals surface area (Å²) in [6, 6.07) is 0. The fraction of sp³-hybridized carbons (Fsp3) is 0.923. The molecule has 0 saturated carbocycles. The van der Waals surface area contributed by atoms with Gasteiger partial charge in [0.2, 0.25) is 5.91 Å². The quantitative estimate of drug-likeness (QED) is 0.822. The number of likely N-dealkylation sites (tertiary alicyclic amines) is 1. The second kappa shape index (κ2) is 6.64. The van der Waals surface area contributed by atoms with Crippen LogP contribution in [0.2, 0.25) is 0 Å². The van der Waals surface area contributed by atoms with E-state index in [1.807, 2.05) is 11.2 Å². The number of rotatable bonds is 5. The number of aliphatic hydroxyl groups excluding tert-OH is 1. The summed E-state index contributed by atoms with van der Waals surface area (Å²) in [7, 11) is 0. The molecule has 1 fully saturated rings. The Kier molecular flexibility index (Phi) is 5.80. The number of carbonyl (C=O) groups is 1. The van der Waals surface area contributed by atoms with Gasteiger partial charge in [-0.15, -0.1) is 0 Å². The number of hydrogen-bond acceptors (Lipinski definition) is 3. The van der Waals surface area contributed by atoms with Crippen LogP contribution >= 0.6 is 11.8 Å². The Hall–Kier alpha value is -0.220. The van der Waals surface area contributed by atoms with E-state index in [0.717, 1.165) is 32.4 Å². The maximum Gasteiger partial charge on any atom is 0.223 e. The molecular formula is C13H25NO2S. The van der Waals surface area contributed by atoms with E-state index in [-0.39, 0.29) is 17.9 Å². The molecule has 0 aromatic rings. The van der Waals surface area contributed by atoms with Crippen molar-refractivity contribution in [3.8, 4) is 0 Å². The monoisotopic (exact) mass is 259 g/mol. The van der Waals surface area contributed by atoms with Gasteiger partial charge in [-0.2, -0.15) is 11.8 Å². The number of aliphatic hydroxyl groups is 1. The van der Waals surface area contributed by atoms with Crippen molar-refractivity contribution in [2.75, 3.05) is 26.0 Å². The Morgan fingerprint density at radius 2 is 2.06 bits per heavy atom. The smallest absolute Gasteiger partial charge is 0.223 e. The molecule has 0 aliphatic carbocycles. The number of piperidine rings is 1. The Morgan fingerprint density at radius 1 is 1.47 bits per heavy atom. The van der Waals surface area contributed by atoms with Crippen LogP contribution in [0, 0.1) is 5.41 Å². The zero-order valence-electron chi connectivity index (χ0n) is 11.2. The molecule has 1 unspecified atom stereocenters. The van der Waals surface area contributed by atoms with E-state index >= 15 is 0 Å². The third-order valence-electron chi connectivity index (χ3n) is 4.13. The molecular weight excluding hydrogens is 234 g/mol. The van der Waals surface area contributed by atoms with Crippen molar-refractivity contribution in [1.82, 2.24) is 4.90 Å². The predicted molar refractivity (Wildman–Crippen MR) is 73.2 cm³/mol. The SMILES string of the molecule is CCC1(CO)CCN(C(=O)CC(C)SC)CC1. The summed E-state index contributed by atoms with van der Waals surface area (Å²) >= 11 is 1.74. The van der Waals surface area contributed by atoms with Crippen molar-refractivity contribution in [3.63, 3.8) is 0 Å². The average Bonchev–Trinajstić information content (AvgIpc) is 2.38. The topological polar surface area (TPSA) is 40.5 Å². The summed E-state index contributed by atoms with van der Waals surface area (Å²) in [5.74, 6) is 0.273. The molecule has 1 aliphatic heterocycles. The molecule has 1 rings (SSSR count). The van der Waals surface area contributed by atoms with Gasteiger partial charge in [0.1, 0.15) is 0 Å². The highest BCUT2D eigenvalue weighted by atomic mass is 32.2. The maximum atomic E-state index is 12.0. The van der Waals surface area contributed by atoms with Gasteiger partial charge < -0.3 is 10.0 Å². The number of hydrogen-bond donors (Lipinski definition) is 1. The van der Waals surface area contributed by atoms with E-state index in [1.54, 1.807) is 11.8 Å². The van der Waals surface area contributed by atoms with Crippen molar-refractivity contribution in [1.29, 1.82) is 0 Å². The maximum absolute atomic E-state index is 12.0. The van der Waals surface area contributed by atoms with Crippen LogP contribution in [0.3, 0.4) is 0 Å². The number of amides is 1. The van der Waals surface area contributed by atoms with Gasteiger partial charge >= 0.3 is 0 Å². The molecule has 0 aromatic carbocycles. The number of thioether (sulfide) groups is 1. The molecule has 0 spiro atoms. The zero-order valence-corrected chi connectivity index (χ0v) is 12.1. The molecule has 0 aromatic heterocycles. The standard InChI is InChI=1S/C13H25NO2S/c1-4-13(10-15)5-7-14(8-6-13)12(16)9-11(2)17-3/h11,15H,4-10H2,1-3H3. The van der Waals surface area contributed by atoms with Crippen molar-refractivity contribution >= 4 is 17.7 Å². The molecule has 100 valence electrons. The van der Waals surface area contributed by atoms with Gasteiger partial charge in [0.15, 0.2) is 0 Å². The van der Waals surface area contributed by atoms with E-state index in [1.165, 1.54) is 0 Å². The fourth-order valence-electron chi connectivity index (χ4n) is 2.31. The van der Waals surface area contributed by atoms with Crippen molar-refractivity contribution in [2.24, 2.45) is 5.41 Å². The summed E-state index contributed by atoms with van der Waals surface area (Å²) < 4.78 is 0.